The summed E-state index contributed by atoms with van der Waals surface area (Å²) in [5.74, 6) is 0. The highest BCUT2D eigenvalue weighted by molar-refractivity contribution is 7.89. The Labute approximate surface area is 109 Å². The smallest absolute Gasteiger partial charge is 0.262 e. The first-order valence-electron chi connectivity index (χ1n) is 6.15. The molecule has 0 saturated carbocycles. The first-order chi connectivity index (χ1) is 8.39. The van der Waals surface area contributed by atoms with E-state index in [2.05, 4.69) is 10.2 Å². The van der Waals surface area contributed by atoms with Gasteiger partial charge in [-0.3, -0.25) is 5.10 Å². The fourth-order valence-electron chi connectivity index (χ4n) is 1.92. The average Bonchev–Trinajstić information content (AvgIpc) is 2.71. The Morgan fingerprint density at radius 3 is 2.50 bits per heavy atom. The summed E-state index contributed by atoms with van der Waals surface area (Å²) in [6.45, 7) is 8.03. The van der Waals surface area contributed by atoms with E-state index in [1.54, 1.807) is 6.92 Å². The molecule has 0 radical (unpaired) electrons. The van der Waals surface area contributed by atoms with Crippen LogP contribution < -0.4 is 5.73 Å². The molecule has 1 aromatic heterocycles. The zero-order valence-electron chi connectivity index (χ0n) is 11.4. The third-order valence-corrected chi connectivity index (χ3v) is 5.25. The molecule has 0 aliphatic carbocycles. The van der Waals surface area contributed by atoms with E-state index in [-0.39, 0.29) is 17.6 Å². The number of hydrogen-bond donors (Lipinski definition) is 2. The number of nitrogens with one attached hydrogen (secondary N) is 1. The molecule has 0 aliphatic heterocycles. The van der Waals surface area contributed by atoms with Gasteiger partial charge in [0.2, 0.25) is 0 Å². The van der Waals surface area contributed by atoms with Crippen LogP contribution in [-0.4, -0.2) is 35.5 Å². The van der Waals surface area contributed by atoms with Gasteiger partial charge in [0.15, 0.2) is 5.03 Å². The number of nitrogens with two attached hydrogens (primary N) is 1. The minimum atomic E-state index is -3.57. The van der Waals surface area contributed by atoms with Gasteiger partial charge in [0, 0.05) is 30.4 Å². The predicted molar refractivity (Wildman–Crippen MR) is 70.5 cm³/mol. The standard InChI is InChI=1S/C11H22N4O2S/c1-5-8(3)15(6-2)18(16,17)11-10(7-12)9(4)13-14-11/h8H,5-7,12H2,1-4H3,(H,13,14). The van der Waals surface area contributed by atoms with Crippen molar-refractivity contribution in [1.82, 2.24) is 14.5 Å². The van der Waals surface area contributed by atoms with Crippen molar-refractivity contribution in [3.8, 4) is 0 Å². The molecule has 0 fully saturated rings. The second-order valence-electron chi connectivity index (χ2n) is 4.30. The van der Waals surface area contributed by atoms with Crippen molar-refractivity contribution in [2.45, 2.75) is 51.7 Å². The lowest BCUT2D eigenvalue weighted by atomic mass is 10.3. The molecule has 0 spiro atoms. The molecule has 3 N–H and O–H groups in total. The Balaban J connectivity index is 3.27. The van der Waals surface area contributed by atoms with Crippen molar-refractivity contribution in [2.75, 3.05) is 6.54 Å². The van der Waals surface area contributed by atoms with Crippen LogP contribution in [0.3, 0.4) is 0 Å². The minimum Gasteiger partial charge on any atom is -0.326 e. The Kier molecular flexibility index (Phi) is 4.89. The van der Waals surface area contributed by atoms with Gasteiger partial charge in [0.25, 0.3) is 10.0 Å². The zero-order valence-corrected chi connectivity index (χ0v) is 12.2. The Hall–Kier alpha value is -0.920. The van der Waals surface area contributed by atoms with E-state index >= 15 is 0 Å². The maximum atomic E-state index is 12.5. The SMILES string of the molecule is CCC(C)N(CC)S(=O)(=O)c1n[nH]c(C)c1CN. The molecular formula is C11H22N4O2S. The van der Waals surface area contributed by atoms with Crippen LogP contribution in [0.5, 0.6) is 0 Å². The molecule has 0 amide bonds. The molecule has 0 saturated heterocycles. The summed E-state index contributed by atoms with van der Waals surface area (Å²) in [6.07, 6.45) is 0.758. The van der Waals surface area contributed by atoms with E-state index in [1.807, 2.05) is 20.8 Å². The van der Waals surface area contributed by atoms with Crippen LogP contribution in [0.4, 0.5) is 0 Å². The fourth-order valence-corrected chi connectivity index (χ4v) is 3.81. The Morgan fingerprint density at radius 1 is 1.44 bits per heavy atom. The van der Waals surface area contributed by atoms with Gasteiger partial charge in [-0.1, -0.05) is 13.8 Å². The first-order valence-corrected chi connectivity index (χ1v) is 7.59. The van der Waals surface area contributed by atoms with Gasteiger partial charge in [0.1, 0.15) is 0 Å². The summed E-state index contributed by atoms with van der Waals surface area (Å²) in [5, 5.41) is 6.66. The molecule has 0 aliphatic rings. The summed E-state index contributed by atoms with van der Waals surface area (Å²) in [7, 11) is -3.57. The summed E-state index contributed by atoms with van der Waals surface area (Å²) in [5.41, 5.74) is 6.87. The predicted octanol–water partition coefficient (Wildman–Crippen LogP) is 0.986. The molecule has 1 heterocycles. The van der Waals surface area contributed by atoms with Gasteiger partial charge in [-0.15, -0.1) is 0 Å². The molecule has 1 unspecified atom stereocenters. The van der Waals surface area contributed by atoms with Crippen molar-refractivity contribution in [2.24, 2.45) is 5.73 Å². The van der Waals surface area contributed by atoms with Gasteiger partial charge in [-0.05, 0) is 20.3 Å². The highest BCUT2D eigenvalue weighted by atomic mass is 32.2. The maximum Gasteiger partial charge on any atom is 0.262 e. The van der Waals surface area contributed by atoms with Gasteiger partial charge in [-0.25, -0.2) is 8.42 Å². The fraction of sp³-hybridized carbons (Fsp3) is 0.727. The number of rotatable bonds is 6. The normalized spacial score (nSPS) is 14.1. The topological polar surface area (TPSA) is 92.1 Å². The third-order valence-electron chi connectivity index (χ3n) is 3.19. The average molecular weight is 274 g/mol. The molecule has 104 valence electrons. The minimum absolute atomic E-state index is 0.0531. The summed E-state index contributed by atoms with van der Waals surface area (Å²) in [4.78, 5) is 0. The molecule has 0 aromatic carbocycles. The molecule has 1 rings (SSSR count). The van der Waals surface area contributed by atoms with Crippen LogP contribution in [0.25, 0.3) is 0 Å². The Morgan fingerprint density at radius 2 is 2.06 bits per heavy atom. The highest BCUT2D eigenvalue weighted by Gasteiger charge is 2.31. The Bertz CT molecular complexity index is 495. The zero-order chi connectivity index (χ0) is 13.9. The van der Waals surface area contributed by atoms with E-state index in [0.717, 1.165) is 6.42 Å². The van der Waals surface area contributed by atoms with E-state index in [0.29, 0.717) is 17.8 Å². The molecule has 1 atom stereocenters. The van der Waals surface area contributed by atoms with Gasteiger partial charge in [-0.2, -0.15) is 9.40 Å². The lowest BCUT2D eigenvalue weighted by Crippen LogP contribution is -2.38. The molecule has 6 nitrogen and oxygen atoms in total. The molecule has 7 heteroatoms. The lowest BCUT2D eigenvalue weighted by Gasteiger charge is -2.25. The number of hydrogen-bond acceptors (Lipinski definition) is 4. The molecule has 1 aromatic rings. The third kappa shape index (κ3) is 2.57. The number of aromatic amines is 1. The summed E-state index contributed by atoms with van der Waals surface area (Å²) < 4.78 is 26.5. The monoisotopic (exact) mass is 274 g/mol. The van der Waals surface area contributed by atoms with Crippen molar-refractivity contribution in [3.63, 3.8) is 0 Å². The number of H-pyrrole nitrogens is 1. The number of sulfonamides is 1. The summed E-state index contributed by atoms with van der Waals surface area (Å²) in [6, 6.07) is -0.0531. The second-order valence-corrected chi connectivity index (χ2v) is 6.11. The molecule has 0 bridgehead atoms. The highest BCUT2D eigenvalue weighted by Crippen LogP contribution is 2.22. The van der Waals surface area contributed by atoms with Crippen molar-refractivity contribution < 1.29 is 8.42 Å². The maximum absolute atomic E-state index is 12.5. The largest absolute Gasteiger partial charge is 0.326 e. The molecular weight excluding hydrogens is 252 g/mol. The van der Waals surface area contributed by atoms with Gasteiger partial charge < -0.3 is 5.73 Å². The number of nitrogens with zero attached hydrogens (tertiary/aromatic N) is 2. The number of aromatic nitrogens is 2. The van der Waals surface area contributed by atoms with Crippen LogP contribution >= 0.6 is 0 Å². The van der Waals surface area contributed by atoms with Crippen molar-refractivity contribution >= 4 is 10.0 Å². The van der Waals surface area contributed by atoms with E-state index < -0.39 is 10.0 Å². The second kappa shape index (κ2) is 5.81. The van der Waals surface area contributed by atoms with Crippen LogP contribution in [0, 0.1) is 6.92 Å². The van der Waals surface area contributed by atoms with Crippen LogP contribution in [0.15, 0.2) is 5.03 Å². The van der Waals surface area contributed by atoms with Crippen molar-refractivity contribution in [1.29, 1.82) is 0 Å². The van der Waals surface area contributed by atoms with Crippen molar-refractivity contribution in [3.05, 3.63) is 11.3 Å². The number of aryl methyl sites for hydroxylation is 1. The van der Waals surface area contributed by atoms with Crippen LogP contribution in [-0.2, 0) is 16.6 Å². The van der Waals surface area contributed by atoms with E-state index in [9.17, 15) is 8.42 Å². The summed E-state index contributed by atoms with van der Waals surface area (Å²) >= 11 is 0. The van der Waals surface area contributed by atoms with E-state index in [1.165, 1.54) is 4.31 Å². The van der Waals surface area contributed by atoms with Gasteiger partial charge in [0.05, 0.1) is 0 Å². The quantitative estimate of drug-likeness (QED) is 0.809. The first kappa shape index (κ1) is 15.1. The molecule has 18 heavy (non-hydrogen) atoms. The lowest BCUT2D eigenvalue weighted by molar-refractivity contribution is 0.341. The van der Waals surface area contributed by atoms with Crippen LogP contribution in [0.1, 0.15) is 38.4 Å². The van der Waals surface area contributed by atoms with E-state index in [4.69, 9.17) is 5.73 Å². The van der Waals surface area contributed by atoms with Crippen LogP contribution in [0.2, 0.25) is 0 Å². The van der Waals surface area contributed by atoms with Gasteiger partial charge >= 0.3 is 0 Å².